The van der Waals surface area contributed by atoms with Crippen molar-refractivity contribution < 1.29 is 9.59 Å². The fourth-order valence-corrected chi connectivity index (χ4v) is 3.69. The van der Waals surface area contributed by atoms with Crippen molar-refractivity contribution in [2.24, 2.45) is 23.0 Å². The summed E-state index contributed by atoms with van der Waals surface area (Å²) in [5.41, 5.74) is 6.56. The van der Waals surface area contributed by atoms with Crippen LogP contribution in [0.3, 0.4) is 0 Å². The molecule has 0 aliphatic carbocycles. The molecular weight excluding hydrogens is 346 g/mol. The van der Waals surface area contributed by atoms with Gasteiger partial charge in [-0.2, -0.15) is 0 Å². The van der Waals surface area contributed by atoms with Gasteiger partial charge in [-0.05, 0) is 42.0 Å². The van der Waals surface area contributed by atoms with Crippen molar-refractivity contribution in [3.8, 4) is 0 Å². The van der Waals surface area contributed by atoms with Crippen molar-refractivity contribution >= 4 is 34.0 Å². The van der Waals surface area contributed by atoms with Gasteiger partial charge in [0, 0.05) is 23.1 Å². The number of anilines is 2. The van der Waals surface area contributed by atoms with Crippen molar-refractivity contribution in [2.75, 3.05) is 4.90 Å². The van der Waals surface area contributed by atoms with Crippen LogP contribution in [0.5, 0.6) is 0 Å². The van der Waals surface area contributed by atoms with Gasteiger partial charge in [0.25, 0.3) is 0 Å². The molecule has 0 saturated heterocycles. The van der Waals surface area contributed by atoms with Crippen molar-refractivity contribution in [3.05, 3.63) is 41.4 Å². The fraction of sp³-hybridized carbons (Fsp3) is 0.450. The summed E-state index contributed by atoms with van der Waals surface area (Å²) in [7, 11) is 0. The van der Waals surface area contributed by atoms with Gasteiger partial charge in [0.05, 0.1) is 5.69 Å². The Morgan fingerprint density at radius 3 is 2.27 bits per heavy atom. The Kier molecular flexibility index (Phi) is 6.18. The van der Waals surface area contributed by atoms with E-state index in [1.54, 1.807) is 35.4 Å². The van der Waals surface area contributed by atoms with Crippen LogP contribution in [0.15, 0.2) is 35.8 Å². The highest BCUT2D eigenvalue weighted by molar-refractivity contribution is 7.13. The van der Waals surface area contributed by atoms with Gasteiger partial charge in [-0.1, -0.05) is 34.6 Å². The Balaban J connectivity index is 2.33. The summed E-state index contributed by atoms with van der Waals surface area (Å²) in [6, 6.07) is 6.74. The average Bonchev–Trinajstić information content (AvgIpc) is 3.07. The predicted octanol–water partition coefficient (Wildman–Crippen LogP) is 4.62. The number of amides is 2. The Morgan fingerprint density at radius 2 is 1.81 bits per heavy atom. The molecule has 2 unspecified atom stereocenters. The zero-order valence-corrected chi connectivity index (χ0v) is 16.8. The quantitative estimate of drug-likeness (QED) is 0.803. The third kappa shape index (κ3) is 4.91. The minimum atomic E-state index is -0.490. The van der Waals surface area contributed by atoms with E-state index in [4.69, 9.17) is 5.73 Å². The van der Waals surface area contributed by atoms with E-state index in [9.17, 15) is 9.59 Å². The number of hydrogen-bond acceptors (Lipinski definition) is 4. The van der Waals surface area contributed by atoms with E-state index in [1.165, 1.54) is 11.3 Å². The highest BCUT2D eigenvalue weighted by Crippen LogP contribution is 2.34. The highest BCUT2D eigenvalue weighted by Gasteiger charge is 2.30. The third-order valence-electron chi connectivity index (χ3n) is 4.42. The van der Waals surface area contributed by atoms with E-state index >= 15 is 0 Å². The molecule has 26 heavy (non-hydrogen) atoms. The normalized spacial score (nSPS) is 13.9. The molecule has 1 aromatic heterocycles. The van der Waals surface area contributed by atoms with E-state index in [-0.39, 0.29) is 23.2 Å². The molecular formula is C20H27N3O2S. The number of nitrogens with zero attached hydrogens (tertiary/aromatic N) is 2. The molecule has 6 heteroatoms. The molecule has 1 aromatic carbocycles. The van der Waals surface area contributed by atoms with Gasteiger partial charge in [-0.25, -0.2) is 4.98 Å². The van der Waals surface area contributed by atoms with Crippen LogP contribution in [0, 0.1) is 17.3 Å². The minimum Gasteiger partial charge on any atom is -0.366 e. The molecule has 2 N–H and O–H groups in total. The van der Waals surface area contributed by atoms with Crippen LogP contribution in [-0.2, 0) is 4.79 Å². The lowest BCUT2D eigenvalue weighted by molar-refractivity contribution is -0.122. The summed E-state index contributed by atoms with van der Waals surface area (Å²) in [5, 5.41) is 2.47. The maximum atomic E-state index is 13.3. The molecule has 0 radical (unpaired) electrons. The number of aromatic nitrogens is 1. The van der Waals surface area contributed by atoms with Gasteiger partial charge < -0.3 is 5.73 Å². The first-order valence-corrected chi connectivity index (χ1v) is 9.61. The molecule has 2 rings (SSSR count). The van der Waals surface area contributed by atoms with Crippen molar-refractivity contribution in [3.63, 3.8) is 0 Å². The first-order chi connectivity index (χ1) is 12.1. The summed E-state index contributed by atoms with van der Waals surface area (Å²) in [6.07, 6.45) is 2.63. The second kappa shape index (κ2) is 7.99. The van der Waals surface area contributed by atoms with E-state index in [1.807, 2.05) is 12.3 Å². The second-order valence-electron chi connectivity index (χ2n) is 7.93. The minimum absolute atomic E-state index is 0.00326. The average molecular weight is 374 g/mol. The smallest absolute Gasteiger partial charge is 0.248 e. The third-order valence-corrected chi connectivity index (χ3v) is 5.18. The number of hydrogen-bond donors (Lipinski definition) is 1. The van der Waals surface area contributed by atoms with Gasteiger partial charge >= 0.3 is 0 Å². The Hall–Kier alpha value is -2.21. The van der Waals surface area contributed by atoms with Gasteiger partial charge in [0.2, 0.25) is 11.8 Å². The Morgan fingerprint density at radius 1 is 1.19 bits per heavy atom. The van der Waals surface area contributed by atoms with Gasteiger partial charge in [-0.3, -0.25) is 14.5 Å². The van der Waals surface area contributed by atoms with Gasteiger partial charge in [-0.15, -0.1) is 11.3 Å². The molecule has 0 bridgehead atoms. The van der Waals surface area contributed by atoms with Crippen molar-refractivity contribution in [2.45, 2.75) is 41.0 Å². The molecule has 2 amide bonds. The van der Waals surface area contributed by atoms with Crippen LogP contribution < -0.4 is 10.6 Å². The summed E-state index contributed by atoms with van der Waals surface area (Å²) in [4.78, 5) is 30.6. The number of benzene rings is 1. The van der Waals surface area contributed by atoms with E-state index in [0.717, 1.165) is 6.42 Å². The van der Waals surface area contributed by atoms with Crippen LogP contribution in [0.25, 0.3) is 0 Å². The van der Waals surface area contributed by atoms with E-state index in [0.29, 0.717) is 16.4 Å². The lowest BCUT2D eigenvalue weighted by atomic mass is 9.79. The van der Waals surface area contributed by atoms with Crippen LogP contribution in [-0.4, -0.2) is 16.8 Å². The summed E-state index contributed by atoms with van der Waals surface area (Å²) in [6.45, 7) is 10.6. The standard InChI is InChI=1S/C20H27N3O2S/c1-13(12-20(3,4)5)14(2)18(25)23(19-22-10-11-26-19)16-8-6-15(7-9-16)17(21)24/h6-11,13-14H,12H2,1-5H3,(H2,21,24). The van der Waals surface area contributed by atoms with Crippen LogP contribution >= 0.6 is 11.3 Å². The molecule has 0 aliphatic rings. The zero-order chi connectivity index (χ0) is 19.5. The maximum Gasteiger partial charge on any atom is 0.248 e. The monoisotopic (exact) mass is 373 g/mol. The van der Waals surface area contributed by atoms with Gasteiger partial charge in [0.15, 0.2) is 5.13 Å². The Labute approximate surface area is 159 Å². The molecule has 0 saturated carbocycles. The number of rotatable bonds is 6. The molecule has 1 heterocycles. The highest BCUT2D eigenvalue weighted by atomic mass is 32.1. The molecule has 0 aliphatic heterocycles. The maximum absolute atomic E-state index is 13.3. The molecule has 140 valence electrons. The van der Waals surface area contributed by atoms with Crippen molar-refractivity contribution in [1.29, 1.82) is 0 Å². The summed E-state index contributed by atoms with van der Waals surface area (Å²) >= 11 is 1.41. The van der Waals surface area contributed by atoms with Crippen LogP contribution in [0.1, 0.15) is 51.4 Å². The molecule has 0 spiro atoms. The first-order valence-electron chi connectivity index (χ1n) is 8.73. The lowest BCUT2D eigenvalue weighted by Crippen LogP contribution is -2.35. The number of thiazole rings is 1. The Bertz CT molecular complexity index is 748. The topological polar surface area (TPSA) is 76.3 Å². The van der Waals surface area contributed by atoms with E-state index < -0.39 is 5.91 Å². The molecule has 2 atom stereocenters. The van der Waals surface area contributed by atoms with E-state index in [2.05, 4.69) is 32.7 Å². The number of carbonyl (C=O) groups excluding carboxylic acids is 2. The lowest BCUT2D eigenvalue weighted by Gasteiger charge is -2.30. The van der Waals surface area contributed by atoms with Gasteiger partial charge in [0.1, 0.15) is 0 Å². The molecule has 2 aromatic rings. The zero-order valence-electron chi connectivity index (χ0n) is 16.0. The summed E-state index contributed by atoms with van der Waals surface area (Å²) in [5.74, 6) is -0.414. The molecule has 0 fully saturated rings. The fourth-order valence-electron chi connectivity index (χ4n) is 3.02. The molecule has 5 nitrogen and oxygen atoms in total. The first kappa shape index (κ1) is 20.1. The summed E-state index contributed by atoms with van der Waals surface area (Å²) < 4.78 is 0. The number of carbonyl (C=O) groups is 2. The largest absolute Gasteiger partial charge is 0.366 e. The number of nitrogens with two attached hydrogens (primary N) is 1. The van der Waals surface area contributed by atoms with Crippen molar-refractivity contribution in [1.82, 2.24) is 4.98 Å². The number of primary amides is 1. The van der Waals surface area contributed by atoms with Crippen LogP contribution in [0.2, 0.25) is 0 Å². The second-order valence-corrected chi connectivity index (χ2v) is 8.80. The van der Waals surface area contributed by atoms with Crippen LogP contribution in [0.4, 0.5) is 10.8 Å². The predicted molar refractivity (Wildman–Crippen MR) is 107 cm³/mol. The SMILES string of the molecule is CC(CC(C)(C)C)C(C)C(=O)N(c1ccc(C(N)=O)cc1)c1nccs1.